The van der Waals surface area contributed by atoms with Crippen molar-refractivity contribution in [1.29, 1.82) is 0 Å². The SMILES string of the molecule is CCCCNC(=O)NC(=O)COc1ccc(C(=O)OC)cc1OC. The molecule has 0 saturated heterocycles. The molecule has 0 aliphatic carbocycles. The van der Waals surface area contributed by atoms with Gasteiger partial charge in [-0.05, 0) is 24.6 Å². The summed E-state index contributed by atoms with van der Waals surface area (Å²) in [6.07, 6.45) is 1.78. The van der Waals surface area contributed by atoms with Crippen LogP contribution in [0.2, 0.25) is 0 Å². The zero-order valence-electron chi connectivity index (χ0n) is 14.0. The zero-order valence-corrected chi connectivity index (χ0v) is 14.0. The first-order chi connectivity index (χ1) is 11.5. The molecule has 0 radical (unpaired) electrons. The second-order valence-corrected chi connectivity index (χ2v) is 4.80. The molecule has 1 aromatic carbocycles. The summed E-state index contributed by atoms with van der Waals surface area (Å²) in [5.74, 6) is -0.561. The minimum Gasteiger partial charge on any atom is -0.493 e. The number of carbonyl (C=O) groups is 3. The molecule has 3 amide bonds. The van der Waals surface area contributed by atoms with Gasteiger partial charge < -0.3 is 19.5 Å². The van der Waals surface area contributed by atoms with E-state index in [1.165, 1.54) is 32.4 Å². The fraction of sp³-hybridized carbons (Fsp3) is 0.438. The first-order valence-electron chi connectivity index (χ1n) is 7.48. The van der Waals surface area contributed by atoms with Crippen LogP contribution in [0.4, 0.5) is 4.79 Å². The highest BCUT2D eigenvalue weighted by Crippen LogP contribution is 2.28. The van der Waals surface area contributed by atoms with Gasteiger partial charge >= 0.3 is 12.0 Å². The van der Waals surface area contributed by atoms with Gasteiger partial charge in [0, 0.05) is 6.54 Å². The van der Waals surface area contributed by atoms with Crippen molar-refractivity contribution in [2.45, 2.75) is 19.8 Å². The van der Waals surface area contributed by atoms with E-state index in [1.807, 2.05) is 6.92 Å². The Hall–Kier alpha value is -2.77. The zero-order chi connectivity index (χ0) is 17.9. The van der Waals surface area contributed by atoms with Crippen molar-refractivity contribution in [1.82, 2.24) is 10.6 Å². The summed E-state index contributed by atoms with van der Waals surface area (Å²) < 4.78 is 15.0. The number of rotatable bonds is 8. The predicted octanol–water partition coefficient (Wildman–Crippen LogP) is 1.49. The Balaban J connectivity index is 2.55. The number of nitrogens with one attached hydrogen (secondary N) is 2. The second kappa shape index (κ2) is 10.1. The van der Waals surface area contributed by atoms with E-state index in [-0.39, 0.29) is 18.1 Å². The topological polar surface area (TPSA) is 103 Å². The number of unbranched alkanes of at least 4 members (excludes halogenated alkanes) is 1. The third kappa shape index (κ3) is 6.15. The van der Waals surface area contributed by atoms with Crippen LogP contribution in [0, 0.1) is 0 Å². The molecule has 0 atom stereocenters. The van der Waals surface area contributed by atoms with E-state index in [9.17, 15) is 14.4 Å². The third-order valence-corrected chi connectivity index (χ3v) is 3.01. The molecule has 24 heavy (non-hydrogen) atoms. The van der Waals surface area contributed by atoms with E-state index in [0.29, 0.717) is 12.1 Å². The Bertz CT molecular complexity index is 588. The molecule has 0 spiro atoms. The summed E-state index contributed by atoms with van der Waals surface area (Å²) in [5, 5.41) is 4.72. The van der Waals surface area contributed by atoms with Crippen LogP contribution >= 0.6 is 0 Å². The van der Waals surface area contributed by atoms with Crippen molar-refractivity contribution in [3.8, 4) is 11.5 Å². The van der Waals surface area contributed by atoms with Gasteiger partial charge in [0.1, 0.15) is 0 Å². The van der Waals surface area contributed by atoms with Crippen LogP contribution in [0.25, 0.3) is 0 Å². The monoisotopic (exact) mass is 338 g/mol. The Morgan fingerprint density at radius 3 is 2.50 bits per heavy atom. The largest absolute Gasteiger partial charge is 0.493 e. The highest BCUT2D eigenvalue weighted by molar-refractivity contribution is 5.95. The highest BCUT2D eigenvalue weighted by Gasteiger charge is 2.13. The summed E-state index contributed by atoms with van der Waals surface area (Å²) in [7, 11) is 2.68. The standard InChI is InChI=1S/C16H22N2O6/c1-4-5-8-17-16(21)18-14(19)10-24-12-7-6-11(15(20)23-3)9-13(12)22-2/h6-7,9H,4-5,8,10H2,1-3H3,(H2,17,18,19,21). The number of urea groups is 1. The summed E-state index contributed by atoms with van der Waals surface area (Å²) >= 11 is 0. The minimum absolute atomic E-state index is 0.270. The van der Waals surface area contributed by atoms with Crippen molar-refractivity contribution >= 4 is 17.9 Å². The molecule has 8 nitrogen and oxygen atoms in total. The normalized spacial score (nSPS) is 9.79. The molecule has 0 aromatic heterocycles. The van der Waals surface area contributed by atoms with E-state index < -0.39 is 17.9 Å². The van der Waals surface area contributed by atoms with Gasteiger partial charge in [-0.3, -0.25) is 10.1 Å². The summed E-state index contributed by atoms with van der Waals surface area (Å²) in [5.41, 5.74) is 0.293. The number of hydrogen-bond donors (Lipinski definition) is 2. The van der Waals surface area contributed by atoms with E-state index in [0.717, 1.165) is 12.8 Å². The number of ether oxygens (including phenoxy) is 3. The van der Waals surface area contributed by atoms with Crippen molar-refractivity contribution in [2.75, 3.05) is 27.4 Å². The minimum atomic E-state index is -0.594. The summed E-state index contributed by atoms with van der Waals surface area (Å²) in [6, 6.07) is 3.85. The molecule has 0 saturated carbocycles. The molecule has 0 fully saturated rings. The maximum Gasteiger partial charge on any atom is 0.337 e. The molecular formula is C16H22N2O6. The number of benzene rings is 1. The first-order valence-corrected chi connectivity index (χ1v) is 7.48. The maximum atomic E-state index is 11.7. The molecule has 0 heterocycles. The van der Waals surface area contributed by atoms with Gasteiger partial charge in [0.2, 0.25) is 0 Å². The number of hydrogen-bond acceptors (Lipinski definition) is 6. The number of imide groups is 1. The predicted molar refractivity (Wildman–Crippen MR) is 86.3 cm³/mol. The molecule has 8 heteroatoms. The lowest BCUT2D eigenvalue weighted by Crippen LogP contribution is -2.41. The molecule has 2 N–H and O–H groups in total. The molecule has 132 valence electrons. The van der Waals surface area contributed by atoms with Gasteiger partial charge in [-0.25, -0.2) is 9.59 Å². The molecule has 1 aromatic rings. The van der Waals surface area contributed by atoms with Gasteiger partial charge in [0.15, 0.2) is 18.1 Å². The molecule has 0 bridgehead atoms. The Morgan fingerprint density at radius 2 is 1.88 bits per heavy atom. The van der Waals surface area contributed by atoms with Crippen molar-refractivity contribution in [3.63, 3.8) is 0 Å². The Kier molecular flexibility index (Phi) is 8.10. The Morgan fingerprint density at radius 1 is 1.12 bits per heavy atom. The van der Waals surface area contributed by atoms with E-state index in [1.54, 1.807) is 0 Å². The van der Waals surface area contributed by atoms with Crippen molar-refractivity contribution in [2.24, 2.45) is 0 Å². The van der Waals surface area contributed by atoms with Crippen molar-refractivity contribution < 1.29 is 28.6 Å². The molecule has 0 unspecified atom stereocenters. The lowest BCUT2D eigenvalue weighted by atomic mass is 10.2. The number of esters is 1. The van der Waals surface area contributed by atoms with E-state index >= 15 is 0 Å². The quantitative estimate of drug-likeness (QED) is 0.550. The van der Waals surface area contributed by atoms with Crippen LogP contribution in [-0.4, -0.2) is 45.3 Å². The molecule has 1 rings (SSSR count). The number of amides is 3. The van der Waals surface area contributed by atoms with E-state index in [2.05, 4.69) is 15.4 Å². The lowest BCUT2D eigenvalue weighted by molar-refractivity contribution is -0.122. The number of methoxy groups -OCH3 is 2. The van der Waals surface area contributed by atoms with Crippen molar-refractivity contribution in [3.05, 3.63) is 23.8 Å². The molecule has 0 aliphatic heterocycles. The summed E-state index contributed by atoms with van der Waals surface area (Å²) in [4.78, 5) is 34.6. The maximum absolute atomic E-state index is 11.7. The van der Waals surface area contributed by atoms with Gasteiger partial charge in [-0.2, -0.15) is 0 Å². The first kappa shape index (κ1) is 19.3. The average molecular weight is 338 g/mol. The van der Waals surface area contributed by atoms with Crippen LogP contribution in [0.3, 0.4) is 0 Å². The van der Waals surface area contributed by atoms with Crippen LogP contribution in [-0.2, 0) is 9.53 Å². The van der Waals surface area contributed by atoms with E-state index in [4.69, 9.17) is 9.47 Å². The Labute approximate surface area is 140 Å². The third-order valence-electron chi connectivity index (χ3n) is 3.01. The lowest BCUT2D eigenvalue weighted by Gasteiger charge is -2.11. The van der Waals surface area contributed by atoms with Crippen LogP contribution < -0.4 is 20.1 Å². The second-order valence-electron chi connectivity index (χ2n) is 4.80. The average Bonchev–Trinajstić information content (AvgIpc) is 2.59. The molecular weight excluding hydrogens is 316 g/mol. The smallest absolute Gasteiger partial charge is 0.337 e. The summed E-state index contributed by atoms with van der Waals surface area (Å²) in [6.45, 7) is 2.13. The fourth-order valence-electron chi connectivity index (χ4n) is 1.76. The van der Waals surface area contributed by atoms with Gasteiger partial charge in [-0.1, -0.05) is 13.3 Å². The fourth-order valence-corrected chi connectivity index (χ4v) is 1.76. The molecule has 0 aliphatic rings. The van der Waals surface area contributed by atoms with Gasteiger partial charge in [0.05, 0.1) is 19.8 Å². The highest BCUT2D eigenvalue weighted by atomic mass is 16.5. The van der Waals surface area contributed by atoms with Crippen LogP contribution in [0.15, 0.2) is 18.2 Å². The van der Waals surface area contributed by atoms with Gasteiger partial charge in [0.25, 0.3) is 5.91 Å². The van der Waals surface area contributed by atoms with Gasteiger partial charge in [-0.15, -0.1) is 0 Å². The number of carbonyl (C=O) groups excluding carboxylic acids is 3. The van der Waals surface area contributed by atoms with Crippen LogP contribution in [0.1, 0.15) is 30.1 Å². The van der Waals surface area contributed by atoms with Crippen LogP contribution in [0.5, 0.6) is 11.5 Å².